The van der Waals surface area contributed by atoms with Crippen molar-refractivity contribution in [1.82, 2.24) is 0 Å². The lowest BCUT2D eigenvalue weighted by atomic mass is 10.1. The quantitative estimate of drug-likeness (QED) is 0.526. The number of ether oxygens (including phenoxy) is 1. The highest BCUT2D eigenvalue weighted by Gasteiger charge is 2.08. The molecule has 0 atom stereocenters. The maximum atomic E-state index is 11.7. The lowest BCUT2D eigenvalue weighted by Gasteiger charge is -2.04. The minimum atomic E-state index is -0.0425. The summed E-state index contributed by atoms with van der Waals surface area (Å²) in [5.41, 5.74) is 1.16. The van der Waals surface area contributed by atoms with Crippen molar-refractivity contribution in [2.45, 2.75) is 6.92 Å². The van der Waals surface area contributed by atoms with E-state index in [2.05, 4.69) is 6.58 Å². The van der Waals surface area contributed by atoms with E-state index in [1.807, 2.05) is 25.1 Å². The van der Waals surface area contributed by atoms with Gasteiger partial charge in [-0.1, -0.05) is 36.9 Å². The van der Waals surface area contributed by atoms with E-state index >= 15 is 0 Å². The largest absolute Gasteiger partial charge is 0.377 e. The molecule has 0 aliphatic carbocycles. The van der Waals surface area contributed by atoms with Gasteiger partial charge in [-0.3, -0.25) is 4.79 Å². The molecule has 0 radical (unpaired) electrons. The van der Waals surface area contributed by atoms with Gasteiger partial charge in [-0.25, -0.2) is 0 Å². The van der Waals surface area contributed by atoms with Crippen LogP contribution in [-0.2, 0) is 4.74 Å². The van der Waals surface area contributed by atoms with Gasteiger partial charge in [0.05, 0.1) is 6.61 Å². The zero-order valence-corrected chi connectivity index (χ0v) is 8.32. The smallest absolute Gasteiger partial charge is 0.190 e. The van der Waals surface area contributed by atoms with Crippen molar-refractivity contribution in [2.24, 2.45) is 0 Å². The van der Waals surface area contributed by atoms with Gasteiger partial charge in [0.25, 0.3) is 0 Å². The van der Waals surface area contributed by atoms with E-state index in [0.29, 0.717) is 24.4 Å². The van der Waals surface area contributed by atoms with E-state index in [1.54, 1.807) is 12.1 Å². The van der Waals surface area contributed by atoms with Crippen LogP contribution in [0.1, 0.15) is 17.3 Å². The fourth-order valence-electron chi connectivity index (χ4n) is 1.08. The molecule has 0 spiro atoms. The molecule has 0 fully saturated rings. The molecule has 1 rings (SSSR count). The van der Waals surface area contributed by atoms with Crippen molar-refractivity contribution in [2.75, 3.05) is 13.2 Å². The molecule has 0 bridgehead atoms. The third-order valence-electron chi connectivity index (χ3n) is 1.84. The van der Waals surface area contributed by atoms with Crippen LogP contribution < -0.4 is 0 Å². The van der Waals surface area contributed by atoms with Crippen molar-refractivity contribution in [3.8, 4) is 0 Å². The van der Waals surface area contributed by atoms with Gasteiger partial charge >= 0.3 is 0 Å². The summed E-state index contributed by atoms with van der Waals surface area (Å²) in [5, 5.41) is 0. The number of ketones is 1. The van der Waals surface area contributed by atoms with E-state index in [9.17, 15) is 4.79 Å². The van der Waals surface area contributed by atoms with Gasteiger partial charge < -0.3 is 4.74 Å². The molecule has 2 heteroatoms. The van der Waals surface area contributed by atoms with Gasteiger partial charge in [0, 0.05) is 17.7 Å². The van der Waals surface area contributed by atoms with Gasteiger partial charge in [0.2, 0.25) is 0 Å². The Morgan fingerprint density at radius 3 is 2.57 bits per heavy atom. The molecular formula is C12H14O2. The summed E-state index contributed by atoms with van der Waals surface area (Å²) in [6, 6.07) is 9.10. The number of carbonyl (C=O) groups excluding carboxylic acids is 1. The Hall–Kier alpha value is -1.41. The molecule has 0 heterocycles. The molecule has 0 aliphatic heterocycles. The second kappa shape index (κ2) is 5.35. The molecule has 0 N–H and O–H groups in total. The molecule has 2 nitrogen and oxygen atoms in total. The van der Waals surface area contributed by atoms with E-state index in [0.717, 1.165) is 0 Å². The fraction of sp³-hybridized carbons (Fsp3) is 0.250. The Labute approximate surface area is 84.2 Å². The topological polar surface area (TPSA) is 26.3 Å². The molecule has 14 heavy (non-hydrogen) atoms. The highest BCUT2D eigenvalue weighted by Crippen LogP contribution is 2.06. The molecule has 0 unspecified atom stereocenters. The number of rotatable bonds is 5. The van der Waals surface area contributed by atoms with Crippen LogP contribution in [0.3, 0.4) is 0 Å². The van der Waals surface area contributed by atoms with E-state index in [1.165, 1.54) is 0 Å². The van der Waals surface area contributed by atoms with Crippen LogP contribution in [0.15, 0.2) is 42.5 Å². The van der Waals surface area contributed by atoms with Crippen LogP contribution in [0.5, 0.6) is 0 Å². The zero-order valence-electron chi connectivity index (χ0n) is 8.32. The van der Waals surface area contributed by atoms with Gasteiger partial charge in [-0.2, -0.15) is 0 Å². The number of carbonyl (C=O) groups is 1. The zero-order chi connectivity index (χ0) is 10.4. The summed E-state index contributed by atoms with van der Waals surface area (Å²) >= 11 is 0. The molecule has 1 aromatic rings. The minimum absolute atomic E-state index is 0.0425. The first kappa shape index (κ1) is 10.7. The molecular weight excluding hydrogens is 176 g/mol. The monoisotopic (exact) mass is 190 g/mol. The molecule has 0 amide bonds. The van der Waals surface area contributed by atoms with Crippen LogP contribution in [0.25, 0.3) is 0 Å². The highest BCUT2D eigenvalue weighted by atomic mass is 16.5. The Balaban J connectivity index is 2.62. The first-order valence-electron chi connectivity index (χ1n) is 4.61. The number of Topliss-reactive ketones (excluding diaryl/α,β-unsaturated/α-hetero) is 1. The Morgan fingerprint density at radius 1 is 1.36 bits per heavy atom. The Morgan fingerprint density at radius 2 is 2.00 bits per heavy atom. The number of benzene rings is 1. The summed E-state index contributed by atoms with van der Waals surface area (Å²) in [6.07, 6.45) is 0. The van der Waals surface area contributed by atoms with E-state index in [-0.39, 0.29) is 5.78 Å². The van der Waals surface area contributed by atoms with Crippen molar-refractivity contribution in [3.63, 3.8) is 0 Å². The lowest BCUT2D eigenvalue weighted by Crippen LogP contribution is -2.08. The molecule has 1 aromatic carbocycles. The average molecular weight is 190 g/mol. The summed E-state index contributed by atoms with van der Waals surface area (Å²) in [5.74, 6) is -0.0425. The molecule has 0 saturated carbocycles. The summed E-state index contributed by atoms with van der Waals surface area (Å²) < 4.78 is 5.12. The molecule has 74 valence electrons. The summed E-state index contributed by atoms with van der Waals surface area (Å²) in [4.78, 5) is 11.7. The minimum Gasteiger partial charge on any atom is -0.377 e. The van der Waals surface area contributed by atoms with Crippen molar-refractivity contribution >= 4 is 5.78 Å². The third kappa shape index (κ3) is 2.82. The predicted molar refractivity (Wildman–Crippen MR) is 56.4 cm³/mol. The number of hydrogen-bond donors (Lipinski definition) is 0. The molecule has 0 saturated heterocycles. The maximum absolute atomic E-state index is 11.7. The highest BCUT2D eigenvalue weighted by molar-refractivity contribution is 6.08. The Kier molecular flexibility index (Phi) is 4.08. The van der Waals surface area contributed by atoms with Gasteiger partial charge in [0.15, 0.2) is 5.78 Å². The first-order valence-corrected chi connectivity index (χ1v) is 4.61. The van der Waals surface area contributed by atoms with Gasteiger partial charge in [-0.15, -0.1) is 0 Å². The van der Waals surface area contributed by atoms with E-state index < -0.39 is 0 Å². The Bertz CT molecular complexity index is 314. The number of hydrogen-bond acceptors (Lipinski definition) is 2. The van der Waals surface area contributed by atoms with E-state index in [4.69, 9.17) is 4.74 Å². The fourth-order valence-corrected chi connectivity index (χ4v) is 1.08. The summed E-state index contributed by atoms with van der Waals surface area (Å²) in [6.45, 7) is 6.49. The van der Waals surface area contributed by atoms with Gasteiger partial charge in [0.1, 0.15) is 0 Å². The SMILES string of the molecule is C=C(COCC)C(=O)c1ccccc1. The van der Waals surface area contributed by atoms with Crippen molar-refractivity contribution in [3.05, 3.63) is 48.0 Å². The van der Waals surface area contributed by atoms with Gasteiger partial charge in [-0.05, 0) is 6.92 Å². The normalized spacial score (nSPS) is 9.79. The van der Waals surface area contributed by atoms with Crippen molar-refractivity contribution < 1.29 is 9.53 Å². The first-order chi connectivity index (χ1) is 6.75. The van der Waals surface area contributed by atoms with Crippen LogP contribution in [0, 0.1) is 0 Å². The summed E-state index contributed by atoms with van der Waals surface area (Å²) in [7, 11) is 0. The standard InChI is InChI=1S/C12H14O2/c1-3-14-9-10(2)12(13)11-7-5-4-6-8-11/h4-8H,2-3,9H2,1H3. The van der Waals surface area contributed by atoms with Crippen molar-refractivity contribution in [1.29, 1.82) is 0 Å². The lowest BCUT2D eigenvalue weighted by molar-refractivity contribution is 0.0991. The average Bonchev–Trinajstić information content (AvgIpc) is 2.26. The van der Waals surface area contributed by atoms with Crippen LogP contribution >= 0.6 is 0 Å². The van der Waals surface area contributed by atoms with Crippen LogP contribution in [0.2, 0.25) is 0 Å². The molecule has 0 aliphatic rings. The third-order valence-corrected chi connectivity index (χ3v) is 1.84. The maximum Gasteiger partial charge on any atom is 0.190 e. The predicted octanol–water partition coefficient (Wildman–Crippen LogP) is 2.46. The molecule has 0 aromatic heterocycles. The van der Waals surface area contributed by atoms with Crippen LogP contribution in [0.4, 0.5) is 0 Å². The second-order valence-corrected chi connectivity index (χ2v) is 2.94. The van der Waals surface area contributed by atoms with Crippen LogP contribution in [-0.4, -0.2) is 19.0 Å². The second-order valence-electron chi connectivity index (χ2n) is 2.94.